The highest BCUT2D eigenvalue weighted by molar-refractivity contribution is 5.85. The normalized spacial score (nSPS) is 24.6. The number of aliphatic carboxylic acids is 1. The van der Waals surface area contributed by atoms with Crippen LogP contribution in [0.1, 0.15) is 20.3 Å². The van der Waals surface area contributed by atoms with Crippen LogP contribution in [0.25, 0.3) is 0 Å². The molecule has 11 heteroatoms. The summed E-state index contributed by atoms with van der Waals surface area (Å²) in [5, 5.41) is 31.3. The molecule has 1 heterocycles. The van der Waals surface area contributed by atoms with Crippen LogP contribution in [-0.2, 0) is 19.1 Å². The molecule has 8 N–H and O–H groups in total. The van der Waals surface area contributed by atoms with Gasteiger partial charge in [0.25, 0.3) is 0 Å². The van der Waals surface area contributed by atoms with Gasteiger partial charge in [0.05, 0.1) is 18.7 Å². The lowest BCUT2D eigenvalue weighted by atomic mass is 9.92. The number of amides is 1. The number of carboxylic acid groups (broad SMARTS) is 1. The minimum Gasteiger partial charge on any atom is -0.478 e. The van der Waals surface area contributed by atoms with E-state index in [0.29, 0.717) is 6.42 Å². The fraction of sp³-hybridized carbons (Fsp3) is 0.667. The largest absolute Gasteiger partial charge is 0.478 e. The number of aliphatic hydroxyl groups is 2. The molecular formula is C15H26N4O7. The van der Waals surface area contributed by atoms with E-state index in [1.165, 1.54) is 6.92 Å². The highest BCUT2D eigenvalue weighted by Crippen LogP contribution is 2.26. The Hall–Kier alpha value is -2.37. The number of nitrogens with zero attached hydrogens (tertiary/aromatic N) is 1. The average molecular weight is 374 g/mol. The summed E-state index contributed by atoms with van der Waals surface area (Å²) in [6.45, 7) is 2.65. The number of carbonyl (C=O) groups is 2. The summed E-state index contributed by atoms with van der Waals surface area (Å²) in [6, 6.07) is -1.90. The lowest BCUT2D eigenvalue weighted by molar-refractivity contribution is -0.153. The first-order valence-electron chi connectivity index (χ1n) is 8.09. The maximum Gasteiger partial charge on any atom is 0.370 e. The smallest absolute Gasteiger partial charge is 0.370 e. The van der Waals surface area contributed by atoms with Crippen LogP contribution in [0.2, 0.25) is 0 Å². The number of nitrogens with one attached hydrogen (secondary N) is 1. The lowest BCUT2D eigenvalue weighted by Crippen LogP contribution is -2.60. The Morgan fingerprint density at radius 1 is 1.46 bits per heavy atom. The molecule has 0 aromatic heterocycles. The van der Waals surface area contributed by atoms with Crippen LogP contribution in [-0.4, -0.2) is 76.8 Å². The zero-order valence-electron chi connectivity index (χ0n) is 14.7. The monoisotopic (exact) mass is 374 g/mol. The Kier molecular flexibility index (Phi) is 8.29. The van der Waals surface area contributed by atoms with Gasteiger partial charge in [0.2, 0.25) is 11.7 Å². The van der Waals surface area contributed by atoms with Crippen LogP contribution in [0.5, 0.6) is 0 Å². The van der Waals surface area contributed by atoms with Crippen LogP contribution < -0.4 is 16.8 Å². The number of carboxylic acids is 1. The van der Waals surface area contributed by atoms with Gasteiger partial charge in [-0.25, -0.2) is 9.79 Å². The third-order valence-corrected chi connectivity index (χ3v) is 3.59. The number of ether oxygens (including phenoxy) is 2. The molecule has 11 nitrogen and oxygen atoms in total. The second kappa shape index (κ2) is 9.94. The Morgan fingerprint density at radius 3 is 2.58 bits per heavy atom. The van der Waals surface area contributed by atoms with Crippen molar-refractivity contribution in [3.05, 3.63) is 11.8 Å². The van der Waals surface area contributed by atoms with Crippen molar-refractivity contribution in [1.82, 2.24) is 5.32 Å². The second-order valence-corrected chi connectivity index (χ2v) is 5.77. The molecule has 1 aliphatic rings. The van der Waals surface area contributed by atoms with E-state index in [-0.39, 0.29) is 12.6 Å². The summed E-state index contributed by atoms with van der Waals surface area (Å²) in [4.78, 5) is 26.9. The van der Waals surface area contributed by atoms with Crippen LogP contribution in [0, 0.1) is 0 Å². The van der Waals surface area contributed by atoms with Crippen molar-refractivity contribution in [2.75, 3.05) is 13.2 Å². The van der Waals surface area contributed by atoms with Gasteiger partial charge in [-0.2, -0.15) is 0 Å². The van der Waals surface area contributed by atoms with Gasteiger partial charge in [-0.15, -0.1) is 0 Å². The van der Waals surface area contributed by atoms with Gasteiger partial charge in [0.15, 0.2) is 12.1 Å². The molecule has 1 rings (SSSR count). The molecular weight excluding hydrogens is 348 g/mol. The van der Waals surface area contributed by atoms with Crippen LogP contribution in [0.3, 0.4) is 0 Å². The summed E-state index contributed by atoms with van der Waals surface area (Å²) in [6.07, 6.45) is -1.91. The first kappa shape index (κ1) is 21.7. The summed E-state index contributed by atoms with van der Waals surface area (Å²) in [5.74, 6) is -2.60. The van der Waals surface area contributed by atoms with E-state index in [0.717, 1.165) is 6.08 Å². The number of rotatable bonds is 9. The predicted octanol–water partition coefficient (Wildman–Crippen LogP) is -2.35. The number of guanidine groups is 1. The van der Waals surface area contributed by atoms with E-state index in [1.54, 1.807) is 0 Å². The molecule has 0 aliphatic carbocycles. The molecule has 0 saturated carbocycles. The minimum atomic E-state index is -1.38. The molecule has 26 heavy (non-hydrogen) atoms. The molecule has 0 unspecified atom stereocenters. The van der Waals surface area contributed by atoms with Gasteiger partial charge in [0, 0.05) is 13.5 Å². The zero-order valence-corrected chi connectivity index (χ0v) is 14.7. The fourth-order valence-electron chi connectivity index (χ4n) is 2.58. The zero-order chi connectivity index (χ0) is 19.9. The summed E-state index contributed by atoms with van der Waals surface area (Å²) < 4.78 is 11.0. The maximum atomic E-state index is 11.6. The van der Waals surface area contributed by atoms with E-state index < -0.39 is 54.6 Å². The second-order valence-electron chi connectivity index (χ2n) is 5.77. The molecule has 0 aromatic carbocycles. The fourth-order valence-corrected chi connectivity index (χ4v) is 2.58. The molecule has 1 amide bonds. The highest BCUT2D eigenvalue weighted by atomic mass is 16.6. The molecule has 0 aromatic rings. The van der Waals surface area contributed by atoms with Crippen LogP contribution in [0.15, 0.2) is 16.8 Å². The molecule has 5 atom stereocenters. The molecule has 0 bridgehead atoms. The average Bonchev–Trinajstić information content (AvgIpc) is 2.55. The predicted molar refractivity (Wildman–Crippen MR) is 90.9 cm³/mol. The van der Waals surface area contributed by atoms with Gasteiger partial charge in [0.1, 0.15) is 12.2 Å². The first-order valence-corrected chi connectivity index (χ1v) is 8.09. The Balaban J connectivity index is 3.36. The Bertz CT molecular complexity index is 562. The van der Waals surface area contributed by atoms with E-state index >= 15 is 0 Å². The number of nitrogens with two attached hydrogens (primary N) is 2. The summed E-state index contributed by atoms with van der Waals surface area (Å²) >= 11 is 0. The van der Waals surface area contributed by atoms with Crippen molar-refractivity contribution < 1.29 is 34.4 Å². The number of aliphatic imine (C=N–C) groups is 1. The third kappa shape index (κ3) is 5.86. The van der Waals surface area contributed by atoms with Crippen molar-refractivity contribution >= 4 is 17.8 Å². The SMILES string of the molecule is CCCO[C@@H]([C@@H]1OC(C(=O)O)=C[C@H](N=C(N)N)[C@H]1NC(C)=O)[C@H](O)CO. The molecule has 1 aliphatic heterocycles. The third-order valence-electron chi connectivity index (χ3n) is 3.59. The van der Waals surface area contributed by atoms with E-state index in [1.807, 2.05) is 6.92 Å². The molecule has 148 valence electrons. The Morgan fingerprint density at radius 2 is 2.12 bits per heavy atom. The summed E-state index contributed by atoms with van der Waals surface area (Å²) in [5.41, 5.74) is 10.8. The van der Waals surface area contributed by atoms with Crippen molar-refractivity contribution in [2.45, 2.75) is 50.7 Å². The van der Waals surface area contributed by atoms with Crippen molar-refractivity contribution in [3.8, 4) is 0 Å². The number of carbonyl (C=O) groups excluding carboxylic acids is 1. The van der Waals surface area contributed by atoms with Crippen molar-refractivity contribution in [2.24, 2.45) is 16.5 Å². The van der Waals surface area contributed by atoms with Gasteiger partial charge in [-0.05, 0) is 12.5 Å². The van der Waals surface area contributed by atoms with E-state index in [2.05, 4.69) is 10.3 Å². The van der Waals surface area contributed by atoms with E-state index in [9.17, 15) is 24.9 Å². The molecule has 0 fully saturated rings. The lowest BCUT2D eigenvalue weighted by Gasteiger charge is -2.40. The maximum absolute atomic E-state index is 11.6. The molecule has 0 saturated heterocycles. The van der Waals surface area contributed by atoms with Crippen LogP contribution >= 0.6 is 0 Å². The van der Waals surface area contributed by atoms with Crippen molar-refractivity contribution in [3.63, 3.8) is 0 Å². The number of hydrogen-bond donors (Lipinski definition) is 6. The van der Waals surface area contributed by atoms with Crippen molar-refractivity contribution in [1.29, 1.82) is 0 Å². The highest BCUT2D eigenvalue weighted by Gasteiger charge is 2.44. The number of aliphatic hydroxyl groups excluding tert-OH is 2. The van der Waals surface area contributed by atoms with Gasteiger partial charge >= 0.3 is 5.97 Å². The van der Waals surface area contributed by atoms with E-state index in [4.69, 9.17) is 20.9 Å². The quantitative estimate of drug-likeness (QED) is 0.189. The molecule has 0 radical (unpaired) electrons. The van der Waals surface area contributed by atoms with Gasteiger partial charge in [-0.3, -0.25) is 4.79 Å². The number of hydrogen-bond acceptors (Lipinski definition) is 7. The standard InChI is InChI=1S/C15H26N4O7/c1-3-4-25-12(9(22)6-20)13-11(18-7(2)21)8(19-15(16)17)5-10(26-13)14(23)24/h5,8-9,11-13,20,22H,3-4,6H2,1-2H3,(H,18,21)(H,23,24)(H4,16,17,19)/t8-,9+,11+,12+,13+/m0/s1. The topological polar surface area (TPSA) is 190 Å². The van der Waals surface area contributed by atoms with Crippen LogP contribution in [0.4, 0.5) is 0 Å². The summed E-state index contributed by atoms with van der Waals surface area (Å²) in [7, 11) is 0. The molecule has 0 spiro atoms. The first-order chi connectivity index (χ1) is 12.2. The van der Waals surface area contributed by atoms with Gasteiger partial charge < -0.3 is 41.6 Å². The Labute approximate surface area is 150 Å². The van der Waals surface area contributed by atoms with Gasteiger partial charge in [-0.1, -0.05) is 6.92 Å². The minimum absolute atomic E-state index is 0.216.